The normalized spacial score (nSPS) is 18.6. The van der Waals surface area contributed by atoms with E-state index in [1.165, 1.54) is 22.4 Å². The SMILES string of the molecule is O=C1CCC(N2C(=O)c3ccc(N4CCN(CCCC#Cc5cccc6c5C(=O)N(C(C(=O)Nc5nccs5)c5cc(F)ccc5O)C6)CC4)cc3C2=O)C(=O)N1. The third-order valence-corrected chi connectivity index (χ3v) is 11.3. The van der Waals surface area contributed by atoms with Crippen molar-refractivity contribution in [1.82, 2.24) is 25.0 Å². The maximum atomic E-state index is 14.4. The number of aromatic hydroxyl groups is 1. The Morgan fingerprint density at radius 1 is 1.00 bits per heavy atom. The summed E-state index contributed by atoms with van der Waals surface area (Å²) in [5, 5.41) is 17.5. The molecular weight excluding hydrogens is 754 g/mol. The first-order valence-electron chi connectivity index (χ1n) is 18.5. The molecule has 1 aromatic heterocycles. The summed E-state index contributed by atoms with van der Waals surface area (Å²) in [6.07, 6.45) is 3.04. The van der Waals surface area contributed by atoms with Crippen molar-refractivity contribution in [2.45, 2.75) is 44.3 Å². The highest BCUT2D eigenvalue weighted by Crippen LogP contribution is 2.38. The standard InChI is InChI=1S/C41H36FN7O7S/c42-26-8-12-32(50)30(21-26)35(37(53)45-41-43-14-20-57-41)48-23-25-7-4-6-24(34(25)40(48)56)5-2-1-3-15-46-16-18-47(19-17-46)27-9-10-28-29(22-27)39(55)49(38(28)54)31-11-13-33(51)44-36(31)52/h4,6-10,12,14,20-22,31,35,50H,1,3,11,13,15-19,23H2,(H,43,45,53)(H,44,51,52). The highest BCUT2D eigenvalue weighted by atomic mass is 32.1. The zero-order valence-electron chi connectivity index (χ0n) is 30.5. The van der Waals surface area contributed by atoms with Gasteiger partial charge in [-0.2, -0.15) is 0 Å². The van der Waals surface area contributed by atoms with E-state index < -0.39 is 53.3 Å². The van der Waals surface area contributed by atoms with E-state index in [2.05, 4.69) is 37.3 Å². The van der Waals surface area contributed by atoms with Gasteiger partial charge < -0.3 is 14.9 Å². The van der Waals surface area contributed by atoms with Crippen molar-refractivity contribution in [3.05, 3.63) is 105 Å². The second kappa shape index (κ2) is 15.6. The van der Waals surface area contributed by atoms with Crippen LogP contribution in [0.3, 0.4) is 0 Å². The van der Waals surface area contributed by atoms with E-state index in [4.69, 9.17) is 0 Å². The summed E-state index contributed by atoms with van der Waals surface area (Å²) in [5.41, 5.74) is 2.82. The topological polar surface area (TPSA) is 173 Å². The zero-order valence-corrected chi connectivity index (χ0v) is 31.3. The van der Waals surface area contributed by atoms with Crippen LogP contribution in [0, 0.1) is 17.7 Å². The fraction of sp³-hybridized carbons (Fsp3) is 0.293. The van der Waals surface area contributed by atoms with Crippen molar-refractivity contribution in [1.29, 1.82) is 0 Å². The Labute approximate surface area is 330 Å². The summed E-state index contributed by atoms with van der Waals surface area (Å²) in [4.78, 5) is 88.8. The van der Waals surface area contributed by atoms with Crippen LogP contribution in [-0.2, 0) is 20.9 Å². The Hall–Kier alpha value is -6.44. The molecule has 14 nitrogen and oxygen atoms in total. The number of halogens is 1. The lowest BCUT2D eigenvalue weighted by molar-refractivity contribution is -0.136. The van der Waals surface area contributed by atoms with Gasteiger partial charge in [-0.05, 0) is 67.4 Å². The van der Waals surface area contributed by atoms with Crippen LogP contribution in [0.1, 0.15) is 79.5 Å². The Morgan fingerprint density at radius 2 is 1.81 bits per heavy atom. The quantitative estimate of drug-likeness (QED) is 0.129. The van der Waals surface area contributed by atoms with Crippen LogP contribution in [0.5, 0.6) is 5.75 Å². The first-order valence-corrected chi connectivity index (χ1v) is 19.4. The van der Waals surface area contributed by atoms with Gasteiger partial charge in [0, 0.05) is 74.0 Å². The number of carbonyl (C=O) groups excluding carboxylic acids is 6. The second-order valence-electron chi connectivity index (χ2n) is 14.1. The van der Waals surface area contributed by atoms with E-state index in [0.717, 1.165) is 54.8 Å². The molecule has 16 heteroatoms. The number of unbranched alkanes of at least 4 members (excludes halogenated alkanes) is 1. The molecule has 2 saturated heterocycles. The number of imide groups is 2. The largest absolute Gasteiger partial charge is 0.508 e. The van der Waals surface area contributed by atoms with Crippen molar-refractivity contribution < 1.29 is 38.3 Å². The molecule has 0 bridgehead atoms. The van der Waals surface area contributed by atoms with E-state index in [1.54, 1.807) is 35.7 Å². The van der Waals surface area contributed by atoms with Crippen LogP contribution in [0.4, 0.5) is 15.2 Å². The highest BCUT2D eigenvalue weighted by molar-refractivity contribution is 7.13. The van der Waals surface area contributed by atoms with Crippen molar-refractivity contribution in [2.24, 2.45) is 0 Å². The number of hydrogen-bond acceptors (Lipinski definition) is 11. The van der Waals surface area contributed by atoms with Gasteiger partial charge in [-0.1, -0.05) is 24.0 Å². The number of nitrogens with zero attached hydrogens (tertiary/aromatic N) is 5. The smallest absolute Gasteiger partial charge is 0.262 e. The molecule has 290 valence electrons. The van der Waals surface area contributed by atoms with Crippen LogP contribution < -0.4 is 15.5 Å². The average molecular weight is 790 g/mol. The van der Waals surface area contributed by atoms with Crippen LogP contribution in [0.15, 0.2) is 66.2 Å². The molecular formula is C41H36FN7O7S. The first kappa shape index (κ1) is 37.5. The van der Waals surface area contributed by atoms with Crippen LogP contribution in [0.2, 0.25) is 0 Å². The molecule has 0 spiro atoms. The molecule has 57 heavy (non-hydrogen) atoms. The van der Waals surface area contributed by atoms with E-state index in [-0.39, 0.29) is 41.8 Å². The summed E-state index contributed by atoms with van der Waals surface area (Å²) in [6, 6.07) is 11.4. The van der Waals surface area contributed by atoms with E-state index in [1.807, 2.05) is 6.07 Å². The molecule has 4 aliphatic rings. The van der Waals surface area contributed by atoms with Gasteiger partial charge in [-0.15, -0.1) is 11.3 Å². The van der Waals surface area contributed by atoms with Crippen molar-refractivity contribution in [3.8, 4) is 17.6 Å². The number of fused-ring (bicyclic) bond motifs is 2. The van der Waals surface area contributed by atoms with Crippen molar-refractivity contribution in [2.75, 3.05) is 42.9 Å². The number of benzene rings is 3. The highest BCUT2D eigenvalue weighted by Gasteiger charge is 2.45. The van der Waals surface area contributed by atoms with Crippen molar-refractivity contribution in [3.63, 3.8) is 0 Å². The predicted octanol–water partition coefficient (Wildman–Crippen LogP) is 3.68. The molecule has 2 unspecified atom stereocenters. The number of piperidine rings is 1. The Morgan fingerprint density at radius 3 is 2.58 bits per heavy atom. The van der Waals surface area contributed by atoms with Gasteiger partial charge in [0.15, 0.2) is 5.13 Å². The fourth-order valence-corrected chi connectivity index (χ4v) is 8.32. The monoisotopic (exact) mass is 789 g/mol. The number of nitrogens with one attached hydrogen (secondary N) is 2. The van der Waals surface area contributed by atoms with Gasteiger partial charge in [-0.25, -0.2) is 9.37 Å². The molecule has 3 aromatic carbocycles. The van der Waals surface area contributed by atoms with E-state index in [0.29, 0.717) is 41.3 Å². The third-order valence-electron chi connectivity index (χ3n) is 10.6. The molecule has 6 amide bonds. The number of thiazole rings is 1. The molecule has 5 heterocycles. The Bertz CT molecular complexity index is 2390. The number of phenolic OH excluding ortho intramolecular Hbond substituents is 1. The van der Waals surface area contributed by atoms with E-state index >= 15 is 0 Å². The lowest BCUT2D eigenvalue weighted by Crippen LogP contribution is -2.54. The predicted molar refractivity (Wildman–Crippen MR) is 206 cm³/mol. The number of aromatic nitrogens is 1. The summed E-state index contributed by atoms with van der Waals surface area (Å²) in [5.74, 6) is 2.14. The lowest BCUT2D eigenvalue weighted by Gasteiger charge is -2.36. The molecule has 0 aliphatic carbocycles. The Kier molecular flexibility index (Phi) is 10.3. The second-order valence-corrected chi connectivity index (χ2v) is 15.0. The summed E-state index contributed by atoms with van der Waals surface area (Å²) in [6.45, 7) is 3.81. The molecule has 2 fully saturated rings. The van der Waals surface area contributed by atoms with Crippen molar-refractivity contribution >= 4 is 57.6 Å². The maximum absolute atomic E-state index is 14.4. The molecule has 3 N–H and O–H groups in total. The minimum absolute atomic E-state index is 0.0454. The number of amides is 6. The van der Waals surface area contributed by atoms with Gasteiger partial charge in [0.05, 0.1) is 16.7 Å². The maximum Gasteiger partial charge on any atom is 0.262 e. The van der Waals surface area contributed by atoms with Gasteiger partial charge in [0.25, 0.3) is 23.6 Å². The van der Waals surface area contributed by atoms with E-state index in [9.17, 15) is 38.3 Å². The number of piperazine rings is 1. The lowest BCUT2D eigenvalue weighted by atomic mass is 10.0. The van der Waals surface area contributed by atoms with Crippen LogP contribution >= 0.6 is 11.3 Å². The summed E-state index contributed by atoms with van der Waals surface area (Å²) >= 11 is 1.19. The van der Waals surface area contributed by atoms with Crippen LogP contribution in [0.25, 0.3) is 0 Å². The number of hydrogen-bond donors (Lipinski definition) is 3. The Balaban J connectivity index is 0.869. The molecule has 4 aromatic rings. The van der Waals surface area contributed by atoms with Crippen LogP contribution in [-0.4, -0.2) is 99.0 Å². The third kappa shape index (κ3) is 7.34. The molecule has 0 saturated carbocycles. The summed E-state index contributed by atoms with van der Waals surface area (Å²) in [7, 11) is 0. The fourth-order valence-electron chi connectivity index (χ4n) is 7.78. The molecule has 8 rings (SSSR count). The number of rotatable bonds is 9. The van der Waals surface area contributed by atoms with Gasteiger partial charge in [0.1, 0.15) is 23.7 Å². The number of phenols is 1. The summed E-state index contributed by atoms with van der Waals surface area (Å²) < 4.78 is 14.4. The molecule has 2 atom stereocenters. The number of carbonyl (C=O) groups is 6. The minimum atomic E-state index is -1.34. The zero-order chi connectivity index (χ0) is 39.8. The van der Waals surface area contributed by atoms with Gasteiger partial charge in [-0.3, -0.25) is 49.2 Å². The average Bonchev–Trinajstić information content (AvgIpc) is 3.90. The minimum Gasteiger partial charge on any atom is -0.508 e. The van der Waals surface area contributed by atoms with Gasteiger partial charge in [0.2, 0.25) is 11.8 Å². The first-order chi connectivity index (χ1) is 27.6. The number of anilines is 2. The van der Waals surface area contributed by atoms with Gasteiger partial charge >= 0.3 is 0 Å². The molecule has 0 radical (unpaired) electrons. The molecule has 4 aliphatic heterocycles.